The highest BCUT2D eigenvalue weighted by Gasteiger charge is 2.27. The fourth-order valence-electron chi connectivity index (χ4n) is 0.946. The van der Waals surface area contributed by atoms with Crippen LogP contribution in [-0.2, 0) is 10.0 Å². The minimum Gasteiger partial charge on any atom is -0.212 e. The molecule has 0 aliphatic carbocycles. The van der Waals surface area contributed by atoms with E-state index >= 15 is 0 Å². The number of hydrogen-bond acceptors (Lipinski definition) is 2. The first-order chi connectivity index (χ1) is 6.24. The zero-order chi connectivity index (χ0) is 11.4. The molecule has 0 heterocycles. The largest absolute Gasteiger partial charge is 0.212 e. The fraction of sp³-hybridized carbons (Fsp3) is 1.00. The van der Waals surface area contributed by atoms with Crippen molar-refractivity contribution < 1.29 is 8.42 Å². The van der Waals surface area contributed by atoms with Crippen LogP contribution in [0.1, 0.15) is 20.8 Å². The Morgan fingerprint density at radius 3 is 2.00 bits per heavy atom. The maximum Gasteiger partial charge on any atom is 0.212 e. The van der Waals surface area contributed by atoms with Gasteiger partial charge in [-0.15, -0.1) is 0 Å². The molecule has 0 aliphatic heterocycles. The summed E-state index contributed by atoms with van der Waals surface area (Å²) in [6.45, 7) is 5.63. The van der Waals surface area contributed by atoms with Crippen LogP contribution in [0.15, 0.2) is 0 Å². The van der Waals surface area contributed by atoms with Crippen LogP contribution in [0.5, 0.6) is 0 Å². The van der Waals surface area contributed by atoms with E-state index in [4.69, 9.17) is 0 Å². The van der Waals surface area contributed by atoms with Crippen LogP contribution in [0.2, 0.25) is 0 Å². The normalized spacial score (nSPS) is 13.6. The van der Waals surface area contributed by atoms with E-state index in [2.05, 4.69) is 36.6 Å². The van der Waals surface area contributed by atoms with E-state index in [0.717, 1.165) is 0 Å². The molecule has 0 spiro atoms. The lowest BCUT2D eigenvalue weighted by Gasteiger charge is -2.26. The van der Waals surface area contributed by atoms with Gasteiger partial charge in [0.25, 0.3) is 0 Å². The summed E-state index contributed by atoms with van der Waals surface area (Å²) >= 11 is 6.59. The molecule has 0 aromatic rings. The van der Waals surface area contributed by atoms with E-state index < -0.39 is 15.6 Å². The lowest BCUT2D eigenvalue weighted by Crippen LogP contribution is -2.50. The summed E-state index contributed by atoms with van der Waals surface area (Å²) in [6, 6.07) is 0. The molecule has 0 radical (unpaired) electrons. The average molecular weight is 351 g/mol. The molecule has 0 saturated carbocycles. The maximum absolute atomic E-state index is 11.6. The molecule has 0 fully saturated rings. The van der Waals surface area contributed by atoms with Gasteiger partial charge in [0.2, 0.25) is 10.0 Å². The average Bonchev–Trinajstić information content (AvgIpc) is 2.01. The second-order valence-corrected chi connectivity index (χ2v) is 6.99. The minimum atomic E-state index is -3.17. The lowest BCUT2D eigenvalue weighted by atomic mass is 10.1. The van der Waals surface area contributed by atoms with Gasteiger partial charge in [0.05, 0.1) is 5.75 Å². The topological polar surface area (TPSA) is 46.2 Å². The van der Waals surface area contributed by atoms with Crippen LogP contribution >= 0.6 is 31.9 Å². The highest BCUT2D eigenvalue weighted by atomic mass is 79.9. The van der Waals surface area contributed by atoms with E-state index in [1.54, 1.807) is 0 Å². The van der Waals surface area contributed by atoms with Crippen molar-refractivity contribution in [1.29, 1.82) is 0 Å². The second kappa shape index (κ2) is 5.82. The molecule has 0 atom stereocenters. The van der Waals surface area contributed by atoms with Crippen molar-refractivity contribution in [2.45, 2.75) is 26.3 Å². The number of hydrogen-bond donors (Lipinski definition) is 1. The van der Waals surface area contributed by atoms with Gasteiger partial charge in [-0.3, -0.25) is 0 Å². The van der Waals surface area contributed by atoms with Gasteiger partial charge in [0.15, 0.2) is 0 Å². The van der Waals surface area contributed by atoms with Gasteiger partial charge in [-0.25, -0.2) is 13.1 Å². The summed E-state index contributed by atoms with van der Waals surface area (Å²) < 4.78 is 25.9. The van der Waals surface area contributed by atoms with E-state index in [-0.39, 0.29) is 11.7 Å². The Morgan fingerprint density at radius 2 is 1.71 bits per heavy atom. The Hall–Kier alpha value is 0.870. The summed E-state index contributed by atoms with van der Waals surface area (Å²) in [5.74, 6) is 0.310. The van der Waals surface area contributed by atoms with Crippen LogP contribution in [-0.4, -0.2) is 30.4 Å². The molecule has 14 heavy (non-hydrogen) atoms. The van der Waals surface area contributed by atoms with E-state index in [1.807, 2.05) is 20.8 Å². The van der Waals surface area contributed by atoms with Gasteiger partial charge in [0, 0.05) is 16.2 Å². The monoisotopic (exact) mass is 349 g/mol. The fourth-order valence-corrected chi connectivity index (χ4v) is 4.38. The highest BCUT2D eigenvalue weighted by Crippen LogP contribution is 2.13. The Morgan fingerprint density at radius 1 is 1.29 bits per heavy atom. The molecule has 1 N–H and O–H groups in total. The minimum absolute atomic E-state index is 0.141. The lowest BCUT2D eigenvalue weighted by molar-refractivity contribution is 0.503. The summed E-state index contributed by atoms with van der Waals surface area (Å²) in [7, 11) is -3.17. The second-order valence-electron chi connectivity index (χ2n) is 4.11. The van der Waals surface area contributed by atoms with Crippen LogP contribution in [0.25, 0.3) is 0 Å². The van der Waals surface area contributed by atoms with Gasteiger partial charge < -0.3 is 0 Å². The summed E-state index contributed by atoms with van der Waals surface area (Å²) in [4.78, 5) is 0. The predicted molar refractivity (Wildman–Crippen MR) is 67.8 cm³/mol. The predicted octanol–water partition coefficient (Wildman–Crippen LogP) is 2.11. The molecular formula is C8H17Br2NO2S. The highest BCUT2D eigenvalue weighted by molar-refractivity contribution is 9.09. The maximum atomic E-state index is 11.6. The van der Waals surface area contributed by atoms with Gasteiger partial charge in [-0.1, -0.05) is 45.7 Å². The van der Waals surface area contributed by atoms with Gasteiger partial charge >= 0.3 is 0 Å². The van der Waals surface area contributed by atoms with Crippen molar-refractivity contribution in [2.75, 3.05) is 16.4 Å². The van der Waals surface area contributed by atoms with E-state index in [0.29, 0.717) is 10.7 Å². The molecule has 3 nitrogen and oxygen atoms in total. The molecule has 0 amide bonds. The molecular weight excluding hydrogens is 334 g/mol. The van der Waals surface area contributed by atoms with Crippen molar-refractivity contribution >= 4 is 41.9 Å². The summed E-state index contributed by atoms with van der Waals surface area (Å²) in [6.07, 6.45) is 0. The van der Waals surface area contributed by atoms with Gasteiger partial charge in [-0.2, -0.15) is 0 Å². The first-order valence-corrected chi connectivity index (χ1v) is 8.28. The third-order valence-electron chi connectivity index (χ3n) is 1.54. The SMILES string of the molecule is CC(C)CS(=O)(=O)NC(C)(CBr)CBr. The summed E-state index contributed by atoms with van der Waals surface area (Å²) in [5.41, 5.74) is -0.451. The molecule has 0 aromatic heterocycles. The van der Waals surface area contributed by atoms with Crippen molar-refractivity contribution in [2.24, 2.45) is 5.92 Å². The molecule has 0 aromatic carbocycles. The summed E-state index contributed by atoms with van der Waals surface area (Å²) in [5, 5.41) is 1.17. The Labute approximate surface area is 103 Å². The molecule has 6 heteroatoms. The van der Waals surface area contributed by atoms with Crippen molar-refractivity contribution in [3.05, 3.63) is 0 Å². The van der Waals surface area contributed by atoms with Crippen LogP contribution in [0.4, 0.5) is 0 Å². The van der Waals surface area contributed by atoms with E-state index in [9.17, 15) is 8.42 Å². The van der Waals surface area contributed by atoms with Crippen molar-refractivity contribution in [3.63, 3.8) is 0 Å². The first kappa shape index (κ1) is 14.9. The third kappa shape index (κ3) is 5.68. The zero-order valence-corrected chi connectivity index (χ0v) is 12.7. The zero-order valence-electron chi connectivity index (χ0n) is 8.68. The standard InChI is InChI=1S/C8H17Br2NO2S/c1-7(2)4-14(12,13)11-8(3,5-9)6-10/h7,11H,4-6H2,1-3H3. The van der Waals surface area contributed by atoms with Crippen LogP contribution in [0, 0.1) is 5.92 Å². The van der Waals surface area contributed by atoms with Gasteiger partial charge in [-0.05, 0) is 12.8 Å². The number of nitrogens with one attached hydrogen (secondary N) is 1. The molecule has 0 rings (SSSR count). The molecule has 0 bridgehead atoms. The van der Waals surface area contributed by atoms with Crippen LogP contribution in [0.3, 0.4) is 0 Å². The van der Waals surface area contributed by atoms with Crippen molar-refractivity contribution in [3.8, 4) is 0 Å². The Bertz CT molecular complexity index is 261. The molecule has 0 aliphatic rings. The number of sulfonamides is 1. The van der Waals surface area contributed by atoms with Crippen molar-refractivity contribution in [1.82, 2.24) is 4.72 Å². The number of rotatable bonds is 6. The first-order valence-electron chi connectivity index (χ1n) is 4.38. The number of alkyl halides is 2. The Kier molecular flexibility index (Phi) is 6.18. The Balaban J connectivity index is 4.49. The molecule has 0 unspecified atom stereocenters. The van der Waals surface area contributed by atoms with E-state index in [1.165, 1.54) is 0 Å². The molecule has 86 valence electrons. The third-order valence-corrected chi connectivity index (χ3v) is 5.93. The number of halogens is 2. The quantitative estimate of drug-likeness (QED) is 0.746. The van der Waals surface area contributed by atoms with Crippen LogP contribution < -0.4 is 4.72 Å². The van der Waals surface area contributed by atoms with Gasteiger partial charge in [0.1, 0.15) is 0 Å². The smallest absolute Gasteiger partial charge is 0.212 e. The molecule has 0 saturated heterocycles.